The van der Waals surface area contributed by atoms with Gasteiger partial charge in [-0.1, -0.05) is 6.07 Å². The first-order valence-electron chi connectivity index (χ1n) is 4.39. The Bertz CT molecular complexity index is 374. The van der Waals surface area contributed by atoms with E-state index < -0.39 is 4.92 Å². The van der Waals surface area contributed by atoms with Crippen LogP contribution in [0, 0.1) is 10.1 Å². The average Bonchev–Trinajstić information content (AvgIpc) is 2.04. The zero-order chi connectivity index (χ0) is 10.1. The number of benzene rings is 1. The van der Waals surface area contributed by atoms with Gasteiger partial charge in [-0.2, -0.15) is 0 Å². The summed E-state index contributed by atoms with van der Waals surface area (Å²) in [6.07, 6.45) is 0.988. The maximum atomic E-state index is 10.5. The Morgan fingerprint density at radius 3 is 2.79 bits per heavy atom. The maximum absolute atomic E-state index is 10.5. The van der Waals surface area contributed by atoms with Gasteiger partial charge in [-0.25, -0.2) is 0 Å². The van der Waals surface area contributed by atoms with Crippen molar-refractivity contribution in [3.05, 3.63) is 33.9 Å². The van der Waals surface area contributed by atoms with Crippen molar-refractivity contribution < 1.29 is 10.0 Å². The molecule has 1 saturated heterocycles. The molecule has 0 saturated carbocycles. The molecule has 1 aliphatic heterocycles. The van der Waals surface area contributed by atoms with Gasteiger partial charge in [0.25, 0.3) is 0 Å². The summed E-state index contributed by atoms with van der Waals surface area (Å²) in [6, 6.07) is 4.70. The number of rotatable bonds is 2. The van der Waals surface area contributed by atoms with Crippen molar-refractivity contribution in [2.45, 2.75) is 12.5 Å². The summed E-state index contributed by atoms with van der Waals surface area (Å²) in [6.45, 7) is 0.944. The van der Waals surface area contributed by atoms with E-state index in [-0.39, 0.29) is 17.5 Å². The Morgan fingerprint density at radius 1 is 1.57 bits per heavy atom. The molecule has 5 nitrogen and oxygen atoms in total. The lowest BCUT2D eigenvalue weighted by Gasteiger charge is -2.27. The van der Waals surface area contributed by atoms with Crippen molar-refractivity contribution >= 4 is 5.69 Å². The van der Waals surface area contributed by atoms with Gasteiger partial charge < -0.3 is 10.4 Å². The smallest absolute Gasteiger partial charge is 0.311 e. The first-order chi connectivity index (χ1) is 6.68. The van der Waals surface area contributed by atoms with Crippen LogP contribution in [-0.2, 0) is 0 Å². The van der Waals surface area contributed by atoms with Crippen molar-refractivity contribution in [3.63, 3.8) is 0 Å². The number of aromatic hydroxyl groups is 1. The molecule has 0 bridgehead atoms. The van der Waals surface area contributed by atoms with E-state index in [0.29, 0.717) is 0 Å². The molecular weight excluding hydrogens is 184 g/mol. The standard InChI is InChI=1S/C9H10N2O3/c12-9-2-1-6(7-3-4-10-7)5-8(9)11(13)14/h1-2,5,7,10,12H,3-4H2/t7-/m0/s1. The zero-order valence-electron chi connectivity index (χ0n) is 7.43. The molecule has 1 fully saturated rings. The van der Waals surface area contributed by atoms with Crippen LogP contribution in [0.3, 0.4) is 0 Å². The second-order valence-electron chi connectivity index (χ2n) is 3.30. The van der Waals surface area contributed by atoms with Crippen molar-refractivity contribution in [2.75, 3.05) is 6.54 Å². The van der Waals surface area contributed by atoms with Crippen LogP contribution in [0.1, 0.15) is 18.0 Å². The Labute approximate surface area is 80.5 Å². The minimum Gasteiger partial charge on any atom is -0.502 e. The van der Waals surface area contributed by atoms with Crippen molar-refractivity contribution in [2.24, 2.45) is 0 Å². The van der Waals surface area contributed by atoms with Crippen molar-refractivity contribution in [1.29, 1.82) is 0 Å². The zero-order valence-corrected chi connectivity index (χ0v) is 7.43. The number of hydrogen-bond acceptors (Lipinski definition) is 4. The van der Waals surface area contributed by atoms with Crippen LogP contribution in [0.5, 0.6) is 5.75 Å². The molecule has 1 atom stereocenters. The number of nitro groups is 1. The Kier molecular flexibility index (Phi) is 2.09. The van der Waals surface area contributed by atoms with E-state index in [0.717, 1.165) is 18.5 Å². The molecule has 0 aromatic heterocycles. The number of hydrogen-bond donors (Lipinski definition) is 2. The third-order valence-corrected chi connectivity index (χ3v) is 2.42. The Balaban J connectivity index is 2.34. The molecule has 74 valence electrons. The van der Waals surface area contributed by atoms with Gasteiger partial charge in [-0.05, 0) is 24.6 Å². The van der Waals surface area contributed by atoms with Gasteiger partial charge in [0.15, 0.2) is 5.75 Å². The molecule has 0 aliphatic carbocycles. The van der Waals surface area contributed by atoms with Gasteiger partial charge in [0.05, 0.1) is 4.92 Å². The van der Waals surface area contributed by atoms with Crippen molar-refractivity contribution in [3.8, 4) is 5.75 Å². The van der Waals surface area contributed by atoms with E-state index >= 15 is 0 Å². The summed E-state index contributed by atoms with van der Waals surface area (Å²) in [5.74, 6) is -0.280. The van der Waals surface area contributed by atoms with Gasteiger partial charge in [0, 0.05) is 12.1 Å². The minimum atomic E-state index is -0.572. The van der Waals surface area contributed by atoms with Gasteiger partial charge in [-0.3, -0.25) is 10.1 Å². The lowest BCUT2D eigenvalue weighted by atomic mass is 9.97. The van der Waals surface area contributed by atoms with Crippen LogP contribution in [-0.4, -0.2) is 16.6 Å². The van der Waals surface area contributed by atoms with Crippen LogP contribution in [0.2, 0.25) is 0 Å². The van der Waals surface area contributed by atoms with Crippen LogP contribution in [0.15, 0.2) is 18.2 Å². The summed E-state index contributed by atoms with van der Waals surface area (Å²) in [4.78, 5) is 9.96. The summed E-state index contributed by atoms with van der Waals surface area (Å²) in [5.41, 5.74) is 0.636. The van der Waals surface area contributed by atoms with Crippen molar-refractivity contribution in [1.82, 2.24) is 5.32 Å². The quantitative estimate of drug-likeness (QED) is 0.550. The third kappa shape index (κ3) is 1.42. The number of nitrogens with one attached hydrogen (secondary N) is 1. The lowest BCUT2D eigenvalue weighted by molar-refractivity contribution is -0.385. The van der Waals surface area contributed by atoms with Crippen LogP contribution < -0.4 is 5.32 Å². The predicted octanol–water partition coefficient (Wildman–Crippen LogP) is 1.33. The summed E-state index contributed by atoms with van der Waals surface area (Å²) >= 11 is 0. The fourth-order valence-electron chi connectivity index (χ4n) is 1.48. The molecule has 1 aliphatic rings. The third-order valence-electron chi connectivity index (χ3n) is 2.42. The topological polar surface area (TPSA) is 75.4 Å². The first-order valence-corrected chi connectivity index (χ1v) is 4.39. The second-order valence-corrected chi connectivity index (χ2v) is 3.30. The molecule has 1 aromatic rings. The monoisotopic (exact) mass is 194 g/mol. The molecule has 0 spiro atoms. The van der Waals surface area contributed by atoms with Crippen LogP contribution >= 0.6 is 0 Å². The maximum Gasteiger partial charge on any atom is 0.311 e. The van der Waals surface area contributed by atoms with Crippen LogP contribution in [0.4, 0.5) is 5.69 Å². The van der Waals surface area contributed by atoms with Gasteiger partial charge >= 0.3 is 5.69 Å². The molecular formula is C9H10N2O3. The lowest BCUT2D eigenvalue weighted by Crippen LogP contribution is -2.34. The average molecular weight is 194 g/mol. The minimum absolute atomic E-state index is 0.203. The fraction of sp³-hybridized carbons (Fsp3) is 0.333. The Hall–Kier alpha value is -1.62. The predicted molar refractivity (Wildman–Crippen MR) is 50.1 cm³/mol. The highest BCUT2D eigenvalue weighted by molar-refractivity contribution is 5.48. The van der Waals surface area contributed by atoms with E-state index in [1.165, 1.54) is 12.1 Å². The number of nitro benzene ring substituents is 1. The van der Waals surface area contributed by atoms with E-state index in [2.05, 4.69) is 5.32 Å². The molecule has 2 rings (SSSR count). The van der Waals surface area contributed by atoms with Gasteiger partial charge in [0.2, 0.25) is 0 Å². The molecule has 0 amide bonds. The van der Waals surface area contributed by atoms with E-state index in [1.807, 2.05) is 0 Å². The van der Waals surface area contributed by atoms with Gasteiger partial charge in [-0.15, -0.1) is 0 Å². The molecule has 1 heterocycles. The van der Waals surface area contributed by atoms with Gasteiger partial charge in [0.1, 0.15) is 0 Å². The fourth-order valence-corrected chi connectivity index (χ4v) is 1.48. The summed E-state index contributed by atoms with van der Waals surface area (Å²) in [7, 11) is 0. The molecule has 5 heteroatoms. The number of phenols is 1. The highest BCUT2D eigenvalue weighted by atomic mass is 16.6. The molecule has 1 aromatic carbocycles. The highest BCUT2D eigenvalue weighted by Gasteiger charge is 2.22. The largest absolute Gasteiger partial charge is 0.502 e. The Morgan fingerprint density at radius 2 is 2.29 bits per heavy atom. The van der Waals surface area contributed by atoms with E-state index in [4.69, 9.17) is 0 Å². The highest BCUT2D eigenvalue weighted by Crippen LogP contribution is 2.31. The molecule has 0 radical (unpaired) electrons. The second kappa shape index (κ2) is 3.26. The van der Waals surface area contributed by atoms with E-state index in [1.54, 1.807) is 6.07 Å². The SMILES string of the molecule is O=[N+]([O-])c1cc([C@@H]2CCN2)ccc1O. The summed E-state index contributed by atoms with van der Waals surface area (Å²) < 4.78 is 0. The molecule has 14 heavy (non-hydrogen) atoms. The van der Waals surface area contributed by atoms with Crippen LogP contribution in [0.25, 0.3) is 0 Å². The normalized spacial score (nSPS) is 20.1. The van der Waals surface area contributed by atoms with E-state index in [9.17, 15) is 15.2 Å². The molecule has 0 unspecified atom stereocenters. The molecule has 2 N–H and O–H groups in total. The summed E-state index contributed by atoms with van der Waals surface area (Å²) in [5, 5.41) is 22.9. The number of phenolic OH excluding ortho intramolecular Hbond substituents is 1. The first kappa shape index (κ1) is 8.96. The number of nitrogens with zero attached hydrogens (tertiary/aromatic N) is 1.